The summed E-state index contributed by atoms with van der Waals surface area (Å²) in [5.41, 5.74) is 0.381. The Hall–Kier alpha value is -2.06. The molecule has 0 aliphatic carbocycles. The van der Waals surface area contributed by atoms with E-state index < -0.39 is 14.0 Å². The van der Waals surface area contributed by atoms with Gasteiger partial charge in [0.1, 0.15) is 17.9 Å². The third-order valence-electron chi connectivity index (χ3n) is 3.71. The molecule has 1 heterocycles. The first kappa shape index (κ1) is 18.3. The molecular weight excluding hydrogens is 328 g/mol. The van der Waals surface area contributed by atoms with Gasteiger partial charge in [0, 0.05) is 14.7 Å². The molecule has 1 aromatic heterocycles. The fraction of sp³-hybridized carbons (Fsp3) is 0.500. The summed E-state index contributed by atoms with van der Waals surface area (Å²) in [5, 5.41) is 3.24. The summed E-state index contributed by atoms with van der Waals surface area (Å²) < 4.78 is 17.0. The first-order chi connectivity index (χ1) is 11.3. The van der Waals surface area contributed by atoms with E-state index in [1.807, 2.05) is 0 Å². The zero-order valence-electron chi connectivity index (χ0n) is 14.8. The molecule has 0 unspecified atom stereocenters. The number of benzene rings is 1. The Balaban J connectivity index is 2.34. The molecule has 0 radical (unpaired) electrons. The van der Waals surface area contributed by atoms with Crippen molar-refractivity contribution < 1.29 is 19.0 Å². The molecule has 0 amide bonds. The third kappa shape index (κ3) is 3.88. The number of nitrogens with one attached hydrogen (secondary N) is 1. The van der Waals surface area contributed by atoms with Gasteiger partial charge < -0.3 is 14.2 Å². The van der Waals surface area contributed by atoms with Crippen LogP contribution >= 0.6 is 0 Å². The standard InChI is InChI=1S/C16H24N2O5Si/c1-21-12-7-6-11(16(20)22-2)14-13(12)15(19)18(17-14)10-23-8-9-24(3,4)5/h6-7,17H,8-10H2,1-5H3. The van der Waals surface area contributed by atoms with Gasteiger partial charge in [-0.15, -0.1) is 0 Å². The predicted molar refractivity (Wildman–Crippen MR) is 94.6 cm³/mol. The van der Waals surface area contributed by atoms with E-state index in [0.29, 0.717) is 23.3 Å². The highest BCUT2D eigenvalue weighted by Crippen LogP contribution is 2.25. The van der Waals surface area contributed by atoms with E-state index in [9.17, 15) is 9.59 Å². The highest BCUT2D eigenvalue weighted by atomic mass is 28.3. The van der Waals surface area contributed by atoms with Crippen molar-refractivity contribution in [2.45, 2.75) is 32.4 Å². The zero-order chi connectivity index (χ0) is 17.9. The van der Waals surface area contributed by atoms with E-state index in [1.54, 1.807) is 12.1 Å². The molecule has 0 aliphatic heterocycles. The molecule has 2 aromatic rings. The Morgan fingerprint density at radius 2 is 1.96 bits per heavy atom. The molecule has 0 saturated carbocycles. The van der Waals surface area contributed by atoms with Gasteiger partial charge in [0.05, 0.1) is 25.3 Å². The minimum absolute atomic E-state index is 0.0990. The maximum absolute atomic E-state index is 12.6. The molecule has 0 aliphatic rings. The van der Waals surface area contributed by atoms with Crippen LogP contribution in [-0.4, -0.2) is 44.7 Å². The van der Waals surface area contributed by atoms with E-state index in [0.717, 1.165) is 6.04 Å². The smallest absolute Gasteiger partial charge is 0.340 e. The first-order valence-electron chi connectivity index (χ1n) is 7.74. The summed E-state index contributed by atoms with van der Waals surface area (Å²) >= 11 is 0. The zero-order valence-corrected chi connectivity index (χ0v) is 15.8. The summed E-state index contributed by atoms with van der Waals surface area (Å²) in [6.45, 7) is 7.48. The summed E-state index contributed by atoms with van der Waals surface area (Å²) in [6.07, 6.45) is 0. The number of hydrogen-bond acceptors (Lipinski definition) is 5. The number of carbonyl (C=O) groups excluding carboxylic acids is 1. The second-order valence-electron chi connectivity index (χ2n) is 6.75. The van der Waals surface area contributed by atoms with Crippen molar-refractivity contribution in [3.8, 4) is 5.75 Å². The molecule has 132 valence electrons. The van der Waals surface area contributed by atoms with Gasteiger partial charge in [-0.3, -0.25) is 9.89 Å². The van der Waals surface area contributed by atoms with Crippen molar-refractivity contribution in [1.82, 2.24) is 9.78 Å². The van der Waals surface area contributed by atoms with Gasteiger partial charge in [0.2, 0.25) is 0 Å². The number of carbonyl (C=O) groups is 1. The highest BCUT2D eigenvalue weighted by molar-refractivity contribution is 6.76. The van der Waals surface area contributed by atoms with Crippen LogP contribution in [0.1, 0.15) is 10.4 Å². The SMILES string of the molecule is COC(=O)c1ccc(OC)c2c(=O)n(COCC[Si](C)(C)C)[nH]c12. The number of hydrogen-bond donors (Lipinski definition) is 1. The number of fused-ring (bicyclic) bond motifs is 1. The van der Waals surface area contributed by atoms with Gasteiger partial charge in [-0.05, 0) is 18.2 Å². The highest BCUT2D eigenvalue weighted by Gasteiger charge is 2.20. The van der Waals surface area contributed by atoms with Crippen LogP contribution in [0.4, 0.5) is 0 Å². The number of ether oxygens (including phenoxy) is 3. The Kier molecular flexibility index (Phi) is 5.50. The normalized spacial score (nSPS) is 11.7. The topological polar surface area (TPSA) is 82.6 Å². The Bertz CT molecular complexity index is 788. The van der Waals surface area contributed by atoms with Crippen molar-refractivity contribution in [3.05, 3.63) is 28.0 Å². The quantitative estimate of drug-likeness (QED) is 0.470. The fourth-order valence-electron chi connectivity index (χ4n) is 2.31. The summed E-state index contributed by atoms with van der Waals surface area (Å²) in [5.74, 6) is -0.115. The molecule has 0 bridgehead atoms. The molecular formula is C16H24N2O5Si. The van der Waals surface area contributed by atoms with Crippen LogP contribution in [0.2, 0.25) is 25.7 Å². The molecule has 24 heavy (non-hydrogen) atoms. The number of aromatic amines is 1. The number of aromatic nitrogens is 2. The molecule has 0 atom stereocenters. The maximum atomic E-state index is 12.6. The minimum Gasteiger partial charge on any atom is -0.496 e. The average molecular weight is 352 g/mol. The van der Waals surface area contributed by atoms with Gasteiger partial charge in [0.25, 0.3) is 5.56 Å². The fourth-order valence-corrected chi connectivity index (χ4v) is 3.06. The van der Waals surface area contributed by atoms with Gasteiger partial charge in [-0.1, -0.05) is 19.6 Å². The van der Waals surface area contributed by atoms with Crippen LogP contribution < -0.4 is 10.3 Å². The second-order valence-corrected chi connectivity index (χ2v) is 12.4. The van der Waals surface area contributed by atoms with Crippen LogP contribution in [-0.2, 0) is 16.2 Å². The van der Waals surface area contributed by atoms with Crippen molar-refractivity contribution in [3.63, 3.8) is 0 Å². The van der Waals surface area contributed by atoms with E-state index in [1.165, 1.54) is 18.9 Å². The first-order valence-corrected chi connectivity index (χ1v) is 11.4. The number of H-pyrrole nitrogens is 1. The lowest BCUT2D eigenvalue weighted by Gasteiger charge is -2.15. The van der Waals surface area contributed by atoms with Gasteiger partial charge in [-0.25, -0.2) is 9.48 Å². The molecule has 1 aromatic carbocycles. The van der Waals surface area contributed by atoms with Crippen LogP contribution in [0.25, 0.3) is 10.9 Å². The van der Waals surface area contributed by atoms with Crippen LogP contribution in [0.15, 0.2) is 16.9 Å². The third-order valence-corrected chi connectivity index (χ3v) is 5.42. The molecule has 1 N–H and O–H groups in total. The molecule has 0 saturated heterocycles. The number of nitrogens with zero attached hydrogens (tertiary/aromatic N) is 1. The number of esters is 1. The molecule has 0 fully saturated rings. The predicted octanol–water partition coefficient (Wildman–Crippen LogP) is 2.44. The van der Waals surface area contributed by atoms with E-state index in [4.69, 9.17) is 14.2 Å². The summed E-state index contributed by atoms with van der Waals surface area (Å²) in [6, 6.07) is 4.16. The Labute approximate surface area is 141 Å². The molecule has 8 heteroatoms. The average Bonchev–Trinajstić information content (AvgIpc) is 2.86. The van der Waals surface area contributed by atoms with Crippen LogP contribution in [0.5, 0.6) is 5.75 Å². The lowest BCUT2D eigenvalue weighted by Crippen LogP contribution is -2.24. The van der Waals surface area contributed by atoms with Gasteiger partial charge in [-0.2, -0.15) is 0 Å². The van der Waals surface area contributed by atoms with E-state index >= 15 is 0 Å². The lowest BCUT2D eigenvalue weighted by atomic mass is 10.1. The van der Waals surface area contributed by atoms with Crippen LogP contribution in [0, 0.1) is 0 Å². The molecule has 0 spiro atoms. The molecule has 7 nitrogen and oxygen atoms in total. The van der Waals surface area contributed by atoms with Crippen molar-refractivity contribution in [1.29, 1.82) is 0 Å². The summed E-state index contributed by atoms with van der Waals surface area (Å²) in [7, 11) is 1.59. The van der Waals surface area contributed by atoms with Crippen molar-refractivity contribution in [2.24, 2.45) is 0 Å². The van der Waals surface area contributed by atoms with E-state index in [-0.39, 0.29) is 17.9 Å². The van der Waals surface area contributed by atoms with Gasteiger partial charge in [0.15, 0.2) is 0 Å². The Morgan fingerprint density at radius 3 is 2.54 bits per heavy atom. The van der Waals surface area contributed by atoms with Crippen molar-refractivity contribution in [2.75, 3.05) is 20.8 Å². The lowest BCUT2D eigenvalue weighted by molar-refractivity contribution is 0.0601. The van der Waals surface area contributed by atoms with E-state index in [2.05, 4.69) is 24.7 Å². The van der Waals surface area contributed by atoms with Crippen molar-refractivity contribution >= 4 is 24.9 Å². The molecule has 2 rings (SSSR count). The maximum Gasteiger partial charge on any atom is 0.340 e. The number of methoxy groups -OCH3 is 2. The Morgan fingerprint density at radius 1 is 1.25 bits per heavy atom. The second kappa shape index (κ2) is 7.23. The van der Waals surface area contributed by atoms with Gasteiger partial charge >= 0.3 is 5.97 Å². The minimum atomic E-state index is -1.19. The van der Waals surface area contributed by atoms with Crippen LogP contribution in [0.3, 0.4) is 0 Å². The monoisotopic (exact) mass is 352 g/mol. The largest absolute Gasteiger partial charge is 0.496 e. The number of rotatable bonds is 7. The summed E-state index contributed by atoms with van der Waals surface area (Å²) in [4.78, 5) is 24.5.